The Hall–Kier alpha value is -2.77. The molecule has 144 valence electrons. The summed E-state index contributed by atoms with van der Waals surface area (Å²) >= 11 is 6.01. The molecule has 3 aromatic rings. The highest BCUT2D eigenvalue weighted by Gasteiger charge is 2.20. The molecule has 0 spiro atoms. The summed E-state index contributed by atoms with van der Waals surface area (Å²) in [6, 6.07) is 11.6. The van der Waals surface area contributed by atoms with Crippen molar-refractivity contribution in [2.24, 2.45) is 0 Å². The smallest absolute Gasteiger partial charge is 0.254 e. The summed E-state index contributed by atoms with van der Waals surface area (Å²) < 4.78 is 23.9. The zero-order chi connectivity index (χ0) is 20.1. The third-order valence-corrected chi connectivity index (χ3v) is 5.66. The number of aromatic nitrogens is 2. The predicted octanol–water partition coefficient (Wildman–Crippen LogP) is 3.38. The second-order valence-electron chi connectivity index (χ2n) is 6.30. The van der Waals surface area contributed by atoms with Crippen LogP contribution in [0.4, 0.5) is 0 Å². The van der Waals surface area contributed by atoms with Gasteiger partial charge in [0.05, 0.1) is 9.92 Å². The lowest BCUT2D eigenvalue weighted by Crippen LogP contribution is -2.30. The van der Waals surface area contributed by atoms with Gasteiger partial charge in [-0.2, -0.15) is 0 Å². The van der Waals surface area contributed by atoms with Gasteiger partial charge in [0.1, 0.15) is 0 Å². The number of nitrogens with zero attached hydrogens (tertiary/aromatic N) is 3. The van der Waals surface area contributed by atoms with Gasteiger partial charge in [0, 0.05) is 49.7 Å². The van der Waals surface area contributed by atoms with Crippen LogP contribution >= 0.6 is 11.6 Å². The van der Waals surface area contributed by atoms with Gasteiger partial charge in [0.2, 0.25) is 0 Å². The lowest BCUT2D eigenvalue weighted by Gasteiger charge is -2.23. The number of carbonyl (C=O) groups excluding carboxylic acids is 1. The molecular weight excluding hydrogens is 398 g/mol. The van der Waals surface area contributed by atoms with E-state index in [0.717, 1.165) is 17.4 Å². The fourth-order valence-electron chi connectivity index (χ4n) is 2.72. The van der Waals surface area contributed by atoms with E-state index in [2.05, 4.69) is 9.97 Å². The molecule has 0 unspecified atom stereocenters. The van der Waals surface area contributed by atoms with E-state index in [0.29, 0.717) is 13.1 Å². The van der Waals surface area contributed by atoms with Crippen molar-refractivity contribution in [2.45, 2.75) is 18.0 Å². The number of rotatable bonds is 6. The zero-order valence-corrected chi connectivity index (χ0v) is 16.7. The molecular formula is C20H18ClN3O3S. The Morgan fingerprint density at radius 3 is 2.36 bits per heavy atom. The van der Waals surface area contributed by atoms with Crippen LogP contribution in [0.3, 0.4) is 0 Å². The molecule has 0 aliphatic rings. The van der Waals surface area contributed by atoms with Gasteiger partial charge in [0.15, 0.2) is 9.84 Å². The molecule has 28 heavy (non-hydrogen) atoms. The van der Waals surface area contributed by atoms with Gasteiger partial charge in [-0.25, -0.2) is 8.42 Å². The molecule has 0 aliphatic heterocycles. The Morgan fingerprint density at radius 2 is 1.71 bits per heavy atom. The fourth-order valence-corrected chi connectivity index (χ4v) is 4.02. The highest BCUT2D eigenvalue weighted by Crippen LogP contribution is 2.24. The topological polar surface area (TPSA) is 80.2 Å². The van der Waals surface area contributed by atoms with Crippen LogP contribution in [-0.2, 0) is 22.9 Å². The van der Waals surface area contributed by atoms with Crippen LogP contribution in [0.15, 0.2) is 72.1 Å². The molecule has 0 aliphatic carbocycles. The third kappa shape index (κ3) is 4.94. The first-order chi connectivity index (χ1) is 13.3. The van der Waals surface area contributed by atoms with Crippen molar-refractivity contribution in [3.05, 3.63) is 89.0 Å². The minimum Gasteiger partial charge on any atom is -0.330 e. The SMILES string of the molecule is CS(=O)(=O)c1cc(C(=O)N(Cc2ccncc2)Cc2cccnc2)ccc1Cl. The van der Waals surface area contributed by atoms with Crippen LogP contribution in [0.1, 0.15) is 21.5 Å². The van der Waals surface area contributed by atoms with E-state index in [4.69, 9.17) is 11.6 Å². The predicted molar refractivity (Wildman–Crippen MR) is 107 cm³/mol. The molecule has 6 nitrogen and oxygen atoms in total. The van der Waals surface area contributed by atoms with Crippen molar-refractivity contribution >= 4 is 27.3 Å². The van der Waals surface area contributed by atoms with E-state index < -0.39 is 9.84 Å². The Bertz CT molecular complexity index is 1030. The van der Waals surface area contributed by atoms with Crippen molar-refractivity contribution in [1.29, 1.82) is 0 Å². The number of hydrogen-bond acceptors (Lipinski definition) is 5. The molecule has 3 rings (SSSR count). The molecule has 0 radical (unpaired) electrons. The van der Waals surface area contributed by atoms with Gasteiger partial charge in [-0.1, -0.05) is 17.7 Å². The van der Waals surface area contributed by atoms with Gasteiger partial charge >= 0.3 is 0 Å². The van der Waals surface area contributed by atoms with Crippen LogP contribution < -0.4 is 0 Å². The van der Waals surface area contributed by atoms with E-state index in [-0.39, 0.29) is 21.4 Å². The van der Waals surface area contributed by atoms with Gasteiger partial charge in [-0.15, -0.1) is 0 Å². The van der Waals surface area contributed by atoms with Gasteiger partial charge in [0.25, 0.3) is 5.91 Å². The first-order valence-electron chi connectivity index (χ1n) is 8.41. The molecule has 0 bridgehead atoms. The number of amides is 1. The molecule has 8 heteroatoms. The molecule has 0 fully saturated rings. The second kappa shape index (κ2) is 8.50. The maximum absolute atomic E-state index is 13.2. The first-order valence-corrected chi connectivity index (χ1v) is 10.7. The maximum atomic E-state index is 13.2. The standard InChI is InChI=1S/C20H18ClN3O3S/c1-28(26,27)19-11-17(4-5-18(19)21)20(25)24(13-15-6-9-22-10-7-15)14-16-3-2-8-23-12-16/h2-12H,13-14H2,1H3. The molecule has 2 aromatic heterocycles. The molecule has 1 amide bonds. The van der Waals surface area contributed by atoms with E-state index in [9.17, 15) is 13.2 Å². The maximum Gasteiger partial charge on any atom is 0.254 e. The average molecular weight is 416 g/mol. The number of benzene rings is 1. The quantitative estimate of drug-likeness (QED) is 0.616. The molecule has 0 N–H and O–H groups in total. The Kier molecular flexibility index (Phi) is 6.06. The van der Waals surface area contributed by atoms with Gasteiger partial charge in [-0.05, 0) is 47.5 Å². The summed E-state index contributed by atoms with van der Waals surface area (Å²) in [5.74, 6) is -0.303. The fraction of sp³-hybridized carbons (Fsp3) is 0.150. The summed E-state index contributed by atoms with van der Waals surface area (Å²) in [4.78, 5) is 22.8. The number of sulfone groups is 1. The molecule has 0 atom stereocenters. The molecule has 0 saturated carbocycles. The van der Waals surface area contributed by atoms with Crippen molar-refractivity contribution < 1.29 is 13.2 Å². The zero-order valence-electron chi connectivity index (χ0n) is 15.1. The van der Waals surface area contributed by atoms with Crippen LogP contribution in [0, 0.1) is 0 Å². The van der Waals surface area contributed by atoms with Crippen LogP contribution in [-0.4, -0.2) is 35.4 Å². The van der Waals surface area contributed by atoms with E-state index in [1.54, 1.807) is 35.8 Å². The van der Waals surface area contributed by atoms with Gasteiger partial charge < -0.3 is 4.90 Å². The summed E-state index contributed by atoms with van der Waals surface area (Å²) in [6.07, 6.45) is 7.73. The Labute approximate surface area is 168 Å². The Balaban J connectivity index is 1.96. The lowest BCUT2D eigenvalue weighted by atomic mass is 10.1. The first kappa shape index (κ1) is 20.0. The third-order valence-electron chi connectivity index (χ3n) is 4.08. The van der Waals surface area contributed by atoms with Crippen LogP contribution in [0.2, 0.25) is 5.02 Å². The Morgan fingerprint density at radius 1 is 1.00 bits per heavy atom. The van der Waals surface area contributed by atoms with Crippen molar-refractivity contribution in [3.63, 3.8) is 0 Å². The van der Waals surface area contributed by atoms with Crippen LogP contribution in [0.25, 0.3) is 0 Å². The number of hydrogen-bond donors (Lipinski definition) is 0. The number of pyridine rings is 2. The normalized spacial score (nSPS) is 11.2. The minimum absolute atomic E-state index is 0.0646. The molecule has 0 saturated heterocycles. The highest BCUT2D eigenvalue weighted by atomic mass is 35.5. The number of carbonyl (C=O) groups is 1. The minimum atomic E-state index is -3.55. The second-order valence-corrected chi connectivity index (χ2v) is 8.69. The molecule has 2 heterocycles. The van der Waals surface area contributed by atoms with Crippen LogP contribution in [0.5, 0.6) is 0 Å². The highest BCUT2D eigenvalue weighted by molar-refractivity contribution is 7.90. The largest absolute Gasteiger partial charge is 0.330 e. The number of halogens is 1. The summed E-state index contributed by atoms with van der Waals surface area (Å²) in [6.45, 7) is 0.666. The van der Waals surface area contributed by atoms with Crippen molar-refractivity contribution in [2.75, 3.05) is 6.26 Å². The summed E-state index contributed by atoms with van der Waals surface area (Å²) in [5.41, 5.74) is 2.02. The van der Waals surface area contributed by atoms with E-state index >= 15 is 0 Å². The van der Waals surface area contributed by atoms with E-state index in [1.165, 1.54) is 18.2 Å². The molecule has 1 aromatic carbocycles. The van der Waals surface area contributed by atoms with Crippen molar-refractivity contribution in [1.82, 2.24) is 14.9 Å². The average Bonchev–Trinajstić information content (AvgIpc) is 2.68. The van der Waals surface area contributed by atoms with Gasteiger partial charge in [-0.3, -0.25) is 14.8 Å². The van der Waals surface area contributed by atoms with Crippen molar-refractivity contribution in [3.8, 4) is 0 Å². The van der Waals surface area contributed by atoms with E-state index in [1.807, 2.05) is 18.2 Å². The summed E-state index contributed by atoms with van der Waals surface area (Å²) in [7, 11) is -3.55. The summed E-state index contributed by atoms with van der Waals surface area (Å²) in [5, 5.41) is 0.0898. The monoisotopic (exact) mass is 415 g/mol. The lowest BCUT2D eigenvalue weighted by molar-refractivity contribution is 0.0729.